The third-order valence-corrected chi connectivity index (χ3v) is 5.03. The summed E-state index contributed by atoms with van der Waals surface area (Å²) in [7, 11) is 0. The Bertz CT molecular complexity index is 835. The second-order valence-electron chi connectivity index (χ2n) is 7.72. The van der Waals surface area contributed by atoms with Gasteiger partial charge in [0.1, 0.15) is 13.2 Å². The Morgan fingerprint density at radius 2 is 2.11 bits per heavy atom. The van der Waals surface area contributed by atoms with Crippen molar-refractivity contribution < 1.29 is 14.3 Å². The summed E-state index contributed by atoms with van der Waals surface area (Å²) in [5, 5.41) is 11.1. The first-order valence-electron chi connectivity index (χ1n) is 9.92. The molecule has 0 bridgehead atoms. The van der Waals surface area contributed by atoms with Crippen molar-refractivity contribution in [2.75, 3.05) is 26.3 Å². The minimum absolute atomic E-state index is 0.0776. The van der Waals surface area contributed by atoms with Crippen LogP contribution in [0, 0.1) is 0 Å². The van der Waals surface area contributed by atoms with E-state index in [1.54, 1.807) is 6.20 Å². The van der Waals surface area contributed by atoms with Gasteiger partial charge in [0.2, 0.25) is 0 Å². The van der Waals surface area contributed by atoms with Crippen LogP contribution in [0.4, 0.5) is 0 Å². The average molecular weight is 385 g/mol. The quantitative estimate of drug-likeness (QED) is 0.848. The highest BCUT2D eigenvalue weighted by Crippen LogP contribution is 2.31. The van der Waals surface area contributed by atoms with Crippen LogP contribution in [-0.2, 0) is 6.54 Å². The van der Waals surface area contributed by atoms with Crippen molar-refractivity contribution in [3.05, 3.63) is 35.7 Å². The van der Waals surface area contributed by atoms with Crippen molar-refractivity contribution in [2.24, 2.45) is 0 Å². The molecule has 0 aliphatic carbocycles. The van der Waals surface area contributed by atoms with Crippen molar-refractivity contribution >= 4 is 5.91 Å². The maximum absolute atomic E-state index is 12.1. The van der Waals surface area contributed by atoms with Crippen molar-refractivity contribution in [1.82, 2.24) is 25.2 Å². The molecule has 4 rings (SSSR count). The maximum Gasteiger partial charge on any atom is 0.273 e. The summed E-state index contributed by atoms with van der Waals surface area (Å²) in [5.41, 5.74) is 1.58. The van der Waals surface area contributed by atoms with Gasteiger partial charge in [0.05, 0.1) is 12.2 Å². The molecule has 2 aromatic rings. The summed E-state index contributed by atoms with van der Waals surface area (Å²) in [5.74, 6) is 1.47. The van der Waals surface area contributed by atoms with Crippen LogP contribution in [0.5, 0.6) is 11.5 Å². The number of rotatable bonds is 5. The minimum atomic E-state index is -0.176. The van der Waals surface area contributed by atoms with Crippen molar-refractivity contribution in [2.45, 2.75) is 45.3 Å². The van der Waals surface area contributed by atoms with Gasteiger partial charge >= 0.3 is 0 Å². The molecule has 2 aliphatic heterocycles. The lowest BCUT2D eigenvalue weighted by molar-refractivity contribution is 0.0938. The molecule has 1 N–H and O–H groups in total. The molecule has 1 aromatic heterocycles. The molecular weight excluding hydrogens is 358 g/mol. The normalized spacial score (nSPS) is 19.6. The number of likely N-dealkylation sites (tertiary alicyclic amines) is 1. The highest BCUT2D eigenvalue weighted by Gasteiger charge is 2.24. The van der Waals surface area contributed by atoms with Crippen molar-refractivity contribution in [3.8, 4) is 11.5 Å². The molecule has 150 valence electrons. The summed E-state index contributed by atoms with van der Waals surface area (Å²) in [4.78, 5) is 14.5. The van der Waals surface area contributed by atoms with E-state index in [0.29, 0.717) is 18.9 Å². The third-order valence-electron chi connectivity index (χ3n) is 5.03. The van der Waals surface area contributed by atoms with Gasteiger partial charge in [-0.15, -0.1) is 5.10 Å². The first-order valence-corrected chi connectivity index (χ1v) is 9.92. The van der Waals surface area contributed by atoms with Crippen LogP contribution in [-0.4, -0.2) is 58.1 Å². The first-order chi connectivity index (χ1) is 13.6. The van der Waals surface area contributed by atoms with Gasteiger partial charge in [-0.05, 0) is 50.9 Å². The third kappa shape index (κ3) is 4.27. The van der Waals surface area contributed by atoms with Gasteiger partial charge in [-0.3, -0.25) is 9.69 Å². The number of benzene rings is 1. The van der Waals surface area contributed by atoms with Crippen LogP contribution >= 0.6 is 0 Å². The number of hydrogen-bond donors (Lipinski definition) is 1. The standard InChI is InChI=1S/C20H27N5O3/c1-14(2)21-20(26)17-13-25(23-22-17)16-4-3-7-24(12-16)11-15-5-6-18-19(10-15)28-9-8-27-18/h5-6,10,13-14,16H,3-4,7-9,11-12H2,1-2H3,(H,21,26). The zero-order valence-corrected chi connectivity index (χ0v) is 16.4. The lowest BCUT2D eigenvalue weighted by Gasteiger charge is -2.32. The number of fused-ring (bicyclic) bond motifs is 1. The summed E-state index contributed by atoms with van der Waals surface area (Å²) in [6.45, 7) is 7.83. The molecule has 1 amide bonds. The molecule has 8 nitrogen and oxygen atoms in total. The van der Waals surface area contributed by atoms with E-state index in [1.807, 2.05) is 24.6 Å². The Morgan fingerprint density at radius 3 is 2.93 bits per heavy atom. The predicted molar refractivity (Wildman–Crippen MR) is 104 cm³/mol. The number of piperidine rings is 1. The molecule has 0 spiro atoms. The highest BCUT2D eigenvalue weighted by atomic mass is 16.6. The van der Waals surface area contributed by atoms with Crippen LogP contribution in [0.3, 0.4) is 0 Å². The lowest BCUT2D eigenvalue weighted by Crippen LogP contribution is -2.36. The fraction of sp³-hybridized carbons (Fsp3) is 0.550. The van der Waals surface area contributed by atoms with E-state index in [0.717, 1.165) is 44.0 Å². The molecule has 3 heterocycles. The van der Waals surface area contributed by atoms with E-state index >= 15 is 0 Å². The van der Waals surface area contributed by atoms with Gasteiger partial charge in [-0.2, -0.15) is 0 Å². The van der Waals surface area contributed by atoms with Gasteiger partial charge in [0.15, 0.2) is 17.2 Å². The smallest absolute Gasteiger partial charge is 0.273 e. The number of nitrogens with one attached hydrogen (secondary N) is 1. The van der Waals surface area contributed by atoms with Crippen LogP contribution in [0.2, 0.25) is 0 Å². The molecule has 1 saturated heterocycles. The van der Waals surface area contributed by atoms with E-state index in [9.17, 15) is 4.79 Å². The lowest BCUT2D eigenvalue weighted by atomic mass is 10.0. The Kier molecular flexibility index (Phi) is 5.47. The molecule has 28 heavy (non-hydrogen) atoms. The summed E-state index contributed by atoms with van der Waals surface area (Å²) < 4.78 is 13.1. The van der Waals surface area contributed by atoms with E-state index in [1.165, 1.54) is 5.56 Å². The molecule has 1 atom stereocenters. The van der Waals surface area contributed by atoms with Crippen LogP contribution < -0.4 is 14.8 Å². The fourth-order valence-electron chi connectivity index (χ4n) is 3.73. The number of amides is 1. The van der Waals surface area contributed by atoms with E-state index in [-0.39, 0.29) is 18.0 Å². The van der Waals surface area contributed by atoms with Crippen LogP contribution in [0.15, 0.2) is 24.4 Å². The van der Waals surface area contributed by atoms with Crippen LogP contribution in [0.25, 0.3) is 0 Å². The molecule has 2 aliphatic rings. The molecule has 1 fully saturated rings. The fourth-order valence-corrected chi connectivity index (χ4v) is 3.73. The Labute approximate surface area is 164 Å². The molecule has 8 heteroatoms. The molecule has 0 radical (unpaired) electrons. The predicted octanol–water partition coefficient (Wildman–Crippen LogP) is 2.02. The Morgan fingerprint density at radius 1 is 1.29 bits per heavy atom. The minimum Gasteiger partial charge on any atom is -0.486 e. The van der Waals surface area contributed by atoms with Crippen molar-refractivity contribution in [1.29, 1.82) is 0 Å². The van der Waals surface area contributed by atoms with Gasteiger partial charge in [0.25, 0.3) is 5.91 Å². The van der Waals surface area contributed by atoms with Gasteiger partial charge in [-0.1, -0.05) is 11.3 Å². The zero-order chi connectivity index (χ0) is 19.5. The Hall–Kier alpha value is -2.61. The number of carbonyl (C=O) groups is 1. The Balaban J connectivity index is 1.39. The van der Waals surface area contributed by atoms with Gasteiger partial charge < -0.3 is 14.8 Å². The van der Waals surface area contributed by atoms with Crippen LogP contribution in [0.1, 0.15) is 48.8 Å². The first kappa shape index (κ1) is 18.7. The number of nitrogens with zero attached hydrogens (tertiary/aromatic N) is 4. The molecular formula is C20H27N5O3. The molecule has 1 aromatic carbocycles. The number of ether oxygens (including phenoxy) is 2. The maximum atomic E-state index is 12.1. The topological polar surface area (TPSA) is 81.5 Å². The summed E-state index contributed by atoms with van der Waals surface area (Å²) in [6.07, 6.45) is 3.88. The molecule has 0 saturated carbocycles. The summed E-state index contributed by atoms with van der Waals surface area (Å²) >= 11 is 0. The van der Waals surface area contributed by atoms with Gasteiger partial charge in [-0.25, -0.2) is 4.68 Å². The number of aromatic nitrogens is 3. The SMILES string of the molecule is CC(C)NC(=O)c1cn(C2CCCN(Cc3ccc4c(c3)OCCO4)C2)nn1. The largest absolute Gasteiger partial charge is 0.486 e. The van der Waals surface area contributed by atoms with Gasteiger partial charge in [0, 0.05) is 19.1 Å². The average Bonchev–Trinajstić information content (AvgIpc) is 3.18. The second-order valence-corrected chi connectivity index (χ2v) is 7.72. The van der Waals surface area contributed by atoms with E-state index < -0.39 is 0 Å². The summed E-state index contributed by atoms with van der Waals surface area (Å²) in [6, 6.07) is 6.46. The highest BCUT2D eigenvalue weighted by molar-refractivity contribution is 5.91. The van der Waals surface area contributed by atoms with E-state index in [4.69, 9.17) is 9.47 Å². The zero-order valence-electron chi connectivity index (χ0n) is 16.4. The number of hydrogen-bond acceptors (Lipinski definition) is 6. The second kappa shape index (κ2) is 8.18. The monoisotopic (exact) mass is 385 g/mol. The van der Waals surface area contributed by atoms with E-state index in [2.05, 4.69) is 32.7 Å². The van der Waals surface area contributed by atoms with Crippen molar-refractivity contribution in [3.63, 3.8) is 0 Å². The molecule has 1 unspecified atom stereocenters. The number of carbonyl (C=O) groups excluding carboxylic acids is 1.